The molecular formula is C12H18N6O3. The van der Waals surface area contributed by atoms with Gasteiger partial charge in [-0.05, 0) is 0 Å². The number of rotatable bonds is 3. The zero-order valence-electron chi connectivity index (χ0n) is 11.8. The molecule has 0 aliphatic carbocycles. The third kappa shape index (κ3) is 2.19. The molecule has 3 heterocycles. The van der Waals surface area contributed by atoms with Crippen LogP contribution in [0.2, 0.25) is 0 Å². The van der Waals surface area contributed by atoms with Crippen LogP contribution >= 0.6 is 0 Å². The lowest BCUT2D eigenvalue weighted by atomic mass is 10.2. The summed E-state index contributed by atoms with van der Waals surface area (Å²) >= 11 is 0. The van der Waals surface area contributed by atoms with Gasteiger partial charge >= 0.3 is 0 Å². The third-order valence-corrected chi connectivity index (χ3v) is 3.56. The topological polar surface area (TPSA) is 123 Å². The van der Waals surface area contributed by atoms with Crippen molar-refractivity contribution in [2.24, 2.45) is 0 Å². The van der Waals surface area contributed by atoms with E-state index in [0.717, 1.165) is 0 Å². The number of aromatic nitrogens is 4. The molecule has 3 rings (SSSR count). The molecule has 0 unspecified atom stereocenters. The zero-order chi connectivity index (χ0) is 15.1. The Balaban J connectivity index is 2.13. The van der Waals surface area contributed by atoms with Gasteiger partial charge in [0.05, 0.1) is 12.7 Å². The number of hydrogen-bond acceptors (Lipinski definition) is 8. The van der Waals surface area contributed by atoms with Gasteiger partial charge in [0.25, 0.3) is 0 Å². The normalized spacial score (nSPS) is 25.6. The molecule has 1 aliphatic heterocycles. The van der Waals surface area contributed by atoms with E-state index in [1.807, 2.05) is 19.0 Å². The van der Waals surface area contributed by atoms with Crippen molar-refractivity contribution in [1.82, 2.24) is 19.5 Å². The summed E-state index contributed by atoms with van der Waals surface area (Å²) in [5.41, 5.74) is 6.88. The van der Waals surface area contributed by atoms with Gasteiger partial charge in [0.1, 0.15) is 18.7 Å². The fourth-order valence-corrected chi connectivity index (χ4v) is 2.53. The Morgan fingerprint density at radius 3 is 2.86 bits per heavy atom. The van der Waals surface area contributed by atoms with E-state index < -0.39 is 18.4 Å². The minimum Gasteiger partial charge on any atom is -0.394 e. The number of aliphatic hydroxyl groups is 2. The van der Waals surface area contributed by atoms with Gasteiger partial charge in [0.15, 0.2) is 17.0 Å². The van der Waals surface area contributed by atoms with E-state index in [1.54, 1.807) is 4.57 Å². The number of nitrogens with two attached hydrogens (primary N) is 1. The summed E-state index contributed by atoms with van der Waals surface area (Å²) in [6, 6.07) is 0. The predicted octanol–water partition coefficient (Wildman–Crippen LogP) is -0.885. The number of nitrogen functional groups attached to an aromatic ring is 1. The van der Waals surface area contributed by atoms with Crippen LogP contribution < -0.4 is 10.6 Å². The van der Waals surface area contributed by atoms with E-state index in [2.05, 4.69) is 15.0 Å². The molecule has 9 heteroatoms. The first-order chi connectivity index (χ1) is 10.0. The maximum atomic E-state index is 9.92. The average Bonchev–Trinajstić information content (AvgIpc) is 3.00. The van der Waals surface area contributed by atoms with E-state index in [1.165, 1.54) is 6.33 Å². The van der Waals surface area contributed by atoms with Gasteiger partial charge in [0.2, 0.25) is 5.95 Å². The molecule has 21 heavy (non-hydrogen) atoms. The lowest BCUT2D eigenvalue weighted by molar-refractivity contribution is -0.0427. The molecule has 0 saturated carbocycles. The lowest BCUT2D eigenvalue weighted by Crippen LogP contribution is -2.24. The van der Waals surface area contributed by atoms with Crippen LogP contribution in [-0.4, -0.2) is 62.6 Å². The molecular weight excluding hydrogens is 276 g/mol. The Hall–Kier alpha value is -1.97. The Kier molecular flexibility index (Phi) is 3.40. The van der Waals surface area contributed by atoms with Gasteiger partial charge in [-0.1, -0.05) is 0 Å². The molecule has 1 fully saturated rings. The molecule has 0 aromatic carbocycles. The summed E-state index contributed by atoms with van der Waals surface area (Å²) in [5.74, 6) is 0.895. The van der Waals surface area contributed by atoms with Gasteiger partial charge in [-0.2, -0.15) is 0 Å². The van der Waals surface area contributed by atoms with Crippen molar-refractivity contribution < 1.29 is 14.9 Å². The zero-order valence-corrected chi connectivity index (χ0v) is 11.8. The first kappa shape index (κ1) is 14.0. The molecule has 114 valence electrons. The molecule has 0 amide bonds. The van der Waals surface area contributed by atoms with Crippen LogP contribution in [0.15, 0.2) is 6.33 Å². The highest BCUT2D eigenvalue weighted by molar-refractivity contribution is 5.84. The molecule has 4 N–H and O–H groups in total. The van der Waals surface area contributed by atoms with E-state index in [-0.39, 0.29) is 6.61 Å². The van der Waals surface area contributed by atoms with Crippen LogP contribution in [0.5, 0.6) is 0 Å². The number of aliphatic hydroxyl groups excluding tert-OH is 2. The maximum absolute atomic E-state index is 9.92. The van der Waals surface area contributed by atoms with Gasteiger partial charge < -0.3 is 25.6 Å². The largest absolute Gasteiger partial charge is 0.394 e. The van der Waals surface area contributed by atoms with Gasteiger partial charge in [-0.15, -0.1) is 0 Å². The second-order valence-corrected chi connectivity index (χ2v) is 5.22. The number of imidazole rings is 1. The molecule has 0 bridgehead atoms. The summed E-state index contributed by atoms with van der Waals surface area (Å²) in [6.07, 6.45) is -0.0897. The number of anilines is 2. The smallest absolute Gasteiger partial charge is 0.209 e. The first-order valence-electron chi connectivity index (χ1n) is 6.63. The number of nitrogens with zero attached hydrogens (tertiary/aromatic N) is 5. The third-order valence-electron chi connectivity index (χ3n) is 3.56. The molecule has 3 atom stereocenters. The Bertz CT molecular complexity index is 658. The summed E-state index contributed by atoms with van der Waals surface area (Å²) in [5, 5.41) is 19.1. The minimum atomic E-state index is -0.730. The van der Waals surface area contributed by atoms with E-state index in [0.29, 0.717) is 29.4 Å². The molecule has 0 radical (unpaired) electrons. The van der Waals surface area contributed by atoms with Gasteiger partial charge in [0, 0.05) is 20.5 Å². The van der Waals surface area contributed by atoms with E-state index >= 15 is 0 Å². The van der Waals surface area contributed by atoms with Crippen molar-refractivity contribution >= 4 is 22.9 Å². The second kappa shape index (κ2) is 5.10. The fourth-order valence-electron chi connectivity index (χ4n) is 2.53. The van der Waals surface area contributed by atoms with Crippen molar-refractivity contribution in [3.05, 3.63) is 6.33 Å². The lowest BCUT2D eigenvalue weighted by Gasteiger charge is -2.19. The van der Waals surface area contributed by atoms with Crippen molar-refractivity contribution in [3.63, 3.8) is 0 Å². The van der Waals surface area contributed by atoms with Gasteiger partial charge in [-0.25, -0.2) is 15.0 Å². The molecule has 1 saturated heterocycles. The minimum absolute atomic E-state index is 0.237. The number of fused-ring (bicyclic) bond motifs is 1. The second-order valence-electron chi connectivity index (χ2n) is 5.22. The standard InChI is InChI=1S/C12H18N6O3/c1-17(2)12-16-9-10(13)14-5-15-11(9)18(12)8-3-6(20)7(4-19)21-8/h5-8,19-20H,3-4H2,1-2H3,(H2,13,14,15)/t6-,7+,8+/m0/s1. The molecule has 9 nitrogen and oxygen atoms in total. The van der Waals surface area contributed by atoms with E-state index in [9.17, 15) is 10.2 Å². The molecule has 2 aromatic heterocycles. The van der Waals surface area contributed by atoms with Crippen molar-refractivity contribution in [1.29, 1.82) is 0 Å². The van der Waals surface area contributed by atoms with Crippen molar-refractivity contribution in [2.45, 2.75) is 24.9 Å². The SMILES string of the molecule is CN(C)c1nc2c(N)ncnc2n1[C@H]1C[C@H](O)[C@@H](CO)O1. The fraction of sp³-hybridized carbons (Fsp3) is 0.583. The predicted molar refractivity (Wildman–Crippen MR) is 75.7 cm³/mol. The molecule has 1 aliphatic rings. The molecule has 0 spiro atoms. The van der Waals surface area contributed by atoms with Crippen LogP contribution in [0.1, 0.15) is 12.6 Å². The molecule has 2 aromatic rings. The average molecular weight is 294 g/mol. The van der Waals surface area contributed by atoms with Crippen LogP contribution in [0.25, 0.3) is 11.2 Å². The summed E-state index contributed by atoms with van der Waals surface area (Å²) in [7, 11) is 3.69. The highest BCUT2D eigenvalue weighted by atomic mass is 16.5. The Labute approximate surface area is 121 Å². The first-order valence-corrected chi connectivity index (χ1v) is 6.63. The summed E-state index contributed by atoms with van der Waals surface area (Å²) in [6.45, 7) is -0.237. The van der Waals surface area contributed by atoms with Crippen molar-refractivity contribution in [2.75, 3.05) is 31.3 Å². The highest BCUT2D eigenvalue weighted by Crippen LogP contribution is 2.35. The number of ether oxygens (including phenoxy) is 1. The number of hydrogen-bond donors (Lipinski definition) is 3. The summed E-state index contributed by atoms with van der Waals surface area (Å²) < 4.78 is 7.47. The quantitative estimate of drug-likeness (QED) is 0.666. The Morgan fingerprint density at radius 2 is 2.24 bits per heavy atom. The Morgan fingerprint density at radius 1 is 1.48 bits per heavy atom. The van der Waals surface area contributed by atoms with Crippen molar-refractivity contribution in [3.8, 4) is 0 Å². The van der Waals surface area contributed by atoms with Crippen LogP contribution in [-0.2, 0) is 4.74 Å². The van der Waals surface area contributed by atoms with Crippen LogP contribution in [0, 0.1) is 0 Å². The van der Waals surface area contributed by atoms with Crippen LogP contribution in [0.3, 0.4) is 0 Å². The van der Waals surface area contributed by atoms with Gasteiger partial charge in [-0.3, -0.25) is 4.57 Å². The monoisotopic (exact) mass is 294 g/mol. The van der Waals surface area contributed by atoms with Crippen LogP contribution in [0.4, 0.5) is 11.8 Å². The summed E-state index contributed by atoms with van der Waals surface area (Å²) in [4.78, 5) is 14.4. The van der Waals surface area contributed by atoms with E-state index in [4.69, 9.17) is 10.5 Å². The maximum Gasteiger partial charge on any atom is 0.209 e. The highest BCUT2D eigenvalue weighted by Gasteiger charge is 2.37.